The summed E-state index contributed by atoms with van der Waals surface area (Å²) in [4.78, 5) is 47.6. The molecule has 8 nitrogen and oxygen atoms in total. The molecule has 1 heterocycles. The first-order valence-electron chi connectivity index (χ1n) is 7.76. The van der Waals surface area contributed by atoms with Crippen molar-refractivity contribution < 1.29 is 33.8 Å². The second-order valence-corrected chi connectivity index (χ2v) is 7.53. The highest BCUT2D eigenvalue weighted by molar-refractivity contribution is 9.10. The van der Waals surface area contributed by atoms with Gasteiger partial charge in [-0.3, -0.25) is 19.3 Å². The van der Waals surface area contributed by atoms with Crippen molar-refractivity contribution >= 4 is 56.9 Å². The molecule has 1 aromatic rings. The van der Waals surface area contributed by atoms with Crippen LogP contribution in [0.3, 0.4) is 0 Å². The first kappa shape index (κ1) is 21.0. The molecule has 0 unspecified atom stereocenters. The van der Waals surface area contributed by atoms with Crippen LogP contribution in [0.5, 0.6) is 5.75 Å². The van der Waals surface area contributed by atoms with Crippen LogP contribution in [0.15, 0.2) is 27.6 Å². The summed E-state index contributed by atoms with van der Waals surface area (Å²) in [5.41, 5.74) is 0.597. The van der Waals surface area contributed by atoms with Gasteiger partial charge in [0.25, 0.3) is 11.1 Å². The number of thioether (sulfide) groups is 1. The zero-order chi connectivity index (χ0) is 20.1. The van der Waals surface area contributed by atoms with Gasteiger partial charge in [-0.05, 0) is 65.3 Å². The molecule has 0 atom stereocenters. The molecule has 1 fully saturated rings. The summed E-state index contributed by atoms with van der Waals surface area (Å²) in [6.07, 6.45) is 1.16. The summed E-state index contributed by atoms with van der Waals surface area (Å²) >= 11 is 3.99. The molecule has 1 aromatic carbocycles. The Morgan fingerprint density at radius 1 is 1.33 bits per heavy atom. The number of carboxylic acid groups (broad SMARTS) is 1. The first-order chi connectivity index (χ1) is 12.7. The molecule has 1 aliphatic rings. The summed E-state index contributed by atoms with van der Waals surface area (Å²) in [5.74, 6) is -2.00. The third-order valence-electron chi connectivity index (χ3n) is 3.13. The Morgan fingerprint density at radius 3 is 2.63 bits per heavy atom. The number of nitrogens with zero attached hydrogens (tertiary/aromatic N) is 1. The van der Waals surface area contributed by atoms with Gasteiger partial charge in [-0.25, -0.2) is 4.79 Å². The lowest BCUT2D eigenvalue weighted by Gasteiger charge is -2.13. The van der Waals surface area contributed by atoms with Gasteiger partial charge >= 0.3 is 11.9 Å². The molecule has 0 aliphatic carbocycles. The Hall–Kier alpha value is -2.33. The summed E-state index contributed by atoms with van der Waals surface area (Å²) in [6.45, 7) is 2.43. The Morgan fingerprint density at radius 2 is 2.04 bits per heavy atom. The third-order valence-corrected chi connectivity index (χ3v) is 4.66. The van der Waals surface area contributed by atoms with Crippen molar-refractivity contribution in [3.8, 4) is 5.75 Å². The van der Waals surface area contributed by atoms with Crippen molar-refractivity contribution in [2.45, 2.75) is 20.0 Å². The van der Waals surface area contributed by atoms with Crippen molar-refractivity contribution in [1.29, 1.82) is 0 Å². The minimum atomic E-state index is -1.10. The van der Waals surface area contributed by atoms with Crippen LogP contribution in [0.1, 0.15) is 19.4 Å². The van der Waals surface area contributed by atoms with Crippen molar-refractivity contribution in [3.63, 3.8) is 0 Å². The first-order valence-corrected chi connectivity index (χ1v) is 9.37. The minimum absolute atomic E-state index is 0.170. The van der Waals surface area contributed by atoms with E-state index in [1.54, 1.807) is 32.0 Å². The van der Waals surface area contributed by atoms with Gasteiger partial charge in [0.2, 0.25) is 0 Å². The van der Waals surface area contributed by atoms with Crippen LogP contribution in [-0.4, -0.2) is 52.3 Å². The molecule has 27 heavy (non-hydrogen) atoms. The SMILES string of the molecule is CC(C)OC(=O)CN1C(=O)S/C(=C\c2ccc(OCC(=O)O)c(Br)c2)C1=O. The van der Waals surface area contributed by atoms with Crippen LogP contribution in [0, 0.1) is 0 Å². The summed E-state index contributed by atoms with van der Waals surface area (Å²) < 4.78 is 10.6. The number of rotatable bonds is 7. The predicted molar refractivity (Wildman–Crippen MR) is 101 cm³/mol. The van der Waals surface area contributed by atoms with E-state index >= 15 is 0 Å². The molecular formula is C17H16BrNO7S. The van der Waals surface area contributed by atoms with Gasteiger partial charge in [-0.1, -0.05) is 6.07 Å². The maximum absolute atomic E-state index is 12.4. The van der Waals surface area contributed by atoms with E-state index in [4.69, 9.17) is 14.6 Å². The summed E-state index contributed by atoms with van der Waals surface area (Å²) in [6, 6.07) is 4.78. The quantitative estimate of drug-likeness (QED) is 0.491. The molecule has 1 saturated heterocycles. The smallest absolute Gasteiger partial charge is 0.341 e. The molecule has 0 spiro atoms. The molecule has 0 radical (unpaired) electrons. The molecule has 10 heteroatoms. The molecule has 144 valence electrons. The Labute approximate surface area is 167 Å². The molecule has 1 aliphatic heterocycles. The number of carbonyl (C=O) groups is 4. The van der Waals surface area contributed by atoms with Crippen LogP contribution in [-0.2, 0) is 19.1 Å². The molecule has 2 rings (SSSR count). The van der Waals surface area contributed by atoms with E-state index in [0.717, 1.165) is 16.7 Å². The van der Waals surface area contributed by atoms with Crippen molar-refractivity contribution in [3.05, 3.63) is 33.1 Å². The highest BCUT2D eigenvalue weighted by Crippen LogP contribution is 2.33. The monoisotopic (exact) mass is 457 g/mol. The number of esters is 1. The number of benzene rings is 1. The fourth-order valence-corrected chi connectivity index (χ4v) is 3.43. The van der Waals surface area contributed by atoms with E-state index in [-0.39, 0.29) is 11.0 Å². The second-order valence-electron chi connectivity index (χ2n) is 5.68. The van der Waals surface area contributed by atoms with Crippen LogP contribution in [0.25, 0.3) is 6.08 Å². The maximum atomic E-state index is 12.4. The molecule has 0 bridgehead atoms. The zero-order valence-corrected chi connectivity index (χ0v) is 16.8. The average molecular weight is 458 g/mol. The average Bonchev–Trinajstić information content (AvgIpc) is 2.80. The predicted octanol–water partition coefficient (Wildman–Crippen LogP) is 2.90. The van der Waals surface area contributed by atoms with Gasteiger partial charge in [0.1, 0.15) is 12.3 Å². The Bertz CT molecular complexity index is 821. The standard InChI is InChI=1S/C17H16BrNO7S/c1-9(2)26-15(22)7-19-16(23)13(27-17(19)24)6-10-3-4-12(11(18)5-10)25-8-14(20)21/h3-6,9H,7-8H2,1-2H3,(H,20,21)/b13-6-. The summed E-state index contributed by atoms with van der Waals surface area (Å²) in [5, 5.41) is 8.09. The van der Waals surface area contributed by atoms with Crippen LogP contribution < -0.4 is 4.74 Å². The molecule has 2 amide bonds. The van der Waals surface area contributed by atoms with Gasteiger partial charge < -0.3 is 14.6 Å². The lowest BCUT2D eigenvalue weighted by Crippen LogP contribution is -2.35. The normalized spacial score (nSPS) is 15.6. The van der Waals surface area contributed by atoms with Gasteiger partial charge in [0.05, 0.1) is 15.5 Å². The molecule has 0 saturated carbocycles. The highest BCUT2D eigenvalue weighted by Gasteiger charge is 2.36. The number of amides is 2. The van der Waals surface area contributed by atoms with Crippen molar-refractivity contribution in [2.75, 3.05) is 13.2 Å². The largest absolute Gasteiger partial charge is 0.481 e. The van der Waals surface area contributed by atoms with E-state index in [1.807, 2.05) is 0 Å². The minimum Gasteiger partial charge on any atom is -0.481 e. The summed E-state index contributed by atoms with van der Waals surface area (Å²) in [7, 11) is 0. The van der Waals surface area contributed by atoms with Crippen LogP contribution in [0.2, 0.25) is 0 Å². The van der Waals surface area contributed by atoms with Crippen molar-refractivity contribution in [2.24, 2.45) is 0 Å². The second kappa shape index (κ2) is 9.05. The molecule has 0 aromatic heterocycles. The Kier molecular flexibility index (Phi) is 7.03. The van der Waals surface area contributed by atoms with Gasteiger partial charge in [-0.2, -0.15) is 0 Å². The number of hydrogen-bond acceptors (Lipinski definition) is 7. The highest BCUT2D eigenvalue weighted by atomic mass is 79.9. The third kappa shape index (κ3) is 5.83. The van der Waals surface area contributed by atoms with E-state index in [9.17, 15) is 19.2 Å². The lowest BCUT2D eigenvalue weighted by molar-refractivity contribution is -0.149. The number of ether oxygens (including phenoxy) is 2. The lowest BCUT2D eigenvalue weighted by atomic mass is 10.2. The van der Waals surface area contributed by atoms with Gasteiger partial charge in [0, 0.05) is 0 Å². The van der Waals surface area contributed by atoms with Crippen LogP contribution >= 0.6 is 27.7 Å². The number of halogens is 1. The number of hydrogen-bond donors (Lipinski definition) is 1. The fraction of sp³-hybridized carbons (Fsp3) is 0.294. The molecule has 1 N–H and O–H groups in total. The van der Waals surface area contributed by atoms with Crippen molar-refractivity contribution in [1.82, 2.24) is 4.90 Å². The van der Waals surface area contributed by atoms with E-state index < -0.39 is 36.2 Å². The van der Waals surface area contributed by atoms with Gasteiger partial charge in [-0.15, -0.1) is 0 Å². The van der Waals surface area contributed by atoms with Gasteiger partial charge in [0.15, 0.2) is 6.61 Å². The molecular weight excluding hydrogens is 442 g/mol. The van der Waals surface area contributed by atoms with E-state index in [1.165, 1.54) is 6.08 Å². The zero-order valence-electron chi connectivity index (χ0n) is 14.4. The topological polar surface area (TPSA) is 110 Å². The van der Waals surface area contributed by atoms with E-state index in [0.29, 0.717) is 15.8 Å². The van der Waals surface area contributed by atoms with E-state index in [2.05, 4.69) is 15.9 Å². The Balaban J connectivity index is 2.11. The number of aliphatic carboxylic acids is 1. The number of carbonyl (C=O) groups excluding carboxylic acids is 3. The number of imide groups is 1. The fourth-order valence-electron chi connectivity index (χ4n) is 2.08. The maximum Gasteiger partial charge on any atom is 0.341 e. The van der Waals surface area contributed by atoms with Crippen LogP contribution in [0.4, 0.5) is 4.79 Å². The number of carboxylic acids is 1.